The van der Waals surface area contributed by atoms with Crippen LogP contribution in [-0.4, -0.2) is 36.1 Å². The number of nitrogens with one attached hydrogen (secondary N) is 1. The van der Waals surface area contributed by atoms with Gasteiger partial charge >= 0.3 is 0 Å². The first-order valence-corrected chi connectivity index (χ1v) is 8.22. The number of fused-ring (bicyclic) bond motifs is 1. The highest BCUT2D eigenvalue weighted by atomic mass is 15.3. The lowest BCUT2D eigenvalue weighted by molar-refractivity contribution is 0.0403. The lowest BCUT2D eigenvalue weighted by Crippen LogP contribution is -2.63. The third-order valence-electron chi connectivity index (χ3n) is 5.63. The Bertz CT molecular complexity index is 470. The molecule has 2 heteroatoms. The first-order chi connectivity index (χ1) is 9.66. The fourth-order valence-corrected chi connectivity index (χ4v) is 3.74. The number of nitrogens with zero attached hydrogens (tertiary/aromatic N) is 1. The zero-order valence-electron chi connectivity index (χ0n) is 13.2. The molecular weight excluding hydrogens is 244 g/mol. The standard InChI is InChI=1S/C18H28N2/c1-4-16-12-20(18(3,5-2)13-19-16)11-15-10-14-8-6-7-9-17(14)15/h6-9,15-16,19H,4-5,10-13H2,1-3H3. The van der Waals surface area contributed by atoms with Crippen molar-refractivity contribution in [3.8, 4) is 0 Å². The maximum atomic E-state index is 3.73. The average molecular weight is 272 g/mol. The number of rotatable bonds is 4. The highest BCUT2D eigenvalue weighted by molar-refractivity contribution is 5.40. The molecule has 2 aliphatic rings. The normalized spacial score (nSPS) is 33.5. The molecule has 1 aliphatic carbocycles. The zero-order chi connectivity index (χ0) is 14.2. The molecule has 0 bridgehead atoms. The molecule has 1 fully saturated rings. The maximum Gasteiger partial charge on any atom is 0.0304 e. The van der Waals surface area contributed by atoms with E-state index in [2.05, 4.69) is 55.3 Å². The largest absolute Gasteiger partial charge is 0.311 e. The second-order valence-corrected chi connectivity index (χ2v) is 6.84. The van der Waals surface area contributed by atoms with E-state index in [9.17, 15) is 0 Å². The van der Waals surface area contributed by atoms with E-state index in [0.717, 1.165) is 12.5 Å². The van der Waals surface area contributed by atoms with Crippen LogP contribution in [0.2, 0.25) is 0 Å². The molecule has 0 saturated carbocycles. The average Bonchev–Trinajstić information content (AvgIpc) is 2.46. The van der Waals surface area contributed by atoms with Crippen LogP contribution in [0, 0.1) is 0 Å². The van der Waals surface area contributed by atoms with Gasteiger partial charge in [-0.2, -0.15) is 0 Å². The first kappa shape index (κ1) is 14.1. The Hall–Kier alpha value is -0.860. The van der Waals surface area contributed by atoms with Crippen molar-refractivity contribution in [2.75, 3.05) is 19.6 Å². The Morgan fingerprint density at radius 3 is 2.80 bits per heavy atom. The van der Waals surface area contributed by atoms with E-state index >= 15 is 0 Å². The molecule has 20 heavy (non-hydrogen) atoms. The van der Waals surface area contributed by atoms with Gasteiger partial charge in [0.25, 0.3) is 0 Å². The minimum absolute atomic E-state index is 0.330. The molecule has 3 unspecified atom stereocenters. The van der Waals surface area contributed by atoms with Crippen LogP contribution in [0.4, 0.5) is 0 Å². The Labute approximate surface area is 123 Å². The van der Waals surface area contributed by atoms with Gasteiger partial charge in [-0.1, -0.05) is 38.1 Å². The van der Waals surface area contributed by atoms with Crippen molar-refractivity contribution in [3.05, 3.63) is 35.4 Å². The molecule has 1 aromatic rings. The van der Waals surface area contributed by atoms with Crippen LogP contribution in [0.1, 0.15) is 50.7 Å². The van der Waals surface area contributed by atoms with Crippen LogP contribution in [0.3, 0.4) is 0 Å². The molecule has 110 valence electrons. The Morgan fingerprint density at radius 2 is 2.10 bits per heavy atom. The minimum Gasteiger partial charge on any atom is -0.311 e. The van der Waals surface area contributed by atoms with Crippen molar-refractivity contribution in [2.45, 2.75) is 57.5 Å². The van der Waals surface area contributed by atoms with E-state index in [-0.39, 0.29) is 0 Å². The van der Waals surface area contributed by atoms with Crippen LogP contribution >= 0.6 is 0 Å². The van der Waals surface area contributed by atoms with E-state index in [0.29, 0.717) is 11.6 Å². The van der Waals surface area contributed by atoms with Gasteiger partial charge < -0.3 is 5.32 Å². The molecule has 3 rings (SSSR count). The summed E-state index contributed by atoms with van der Waals surface area (Å²) in [4.78, 5) is 2.76. The molecule has 1 saturated heterocycles. The molecule has 2 nitrogen and oxygen atoms in total. The smallest absolute Gasteiger partial charge is 0.0304 e. The molecule has 0 aromatic heterocycles. The van der Waals surface area contributed by atoms with Crippen molar-refractivity contribution >= 4 is 0 Å². The van der Waals surface area contributed by atoms with Gasteiger partial charge in [0.2, 0.25) is 0 Å². The van der Waals surface area contributed by atoms with Gasteiger partial charge in [0, 0.05) is 37.1 Å². The molecule has 3 atom stereocenters. The van der Waals surface area contributed by atoms with E-state index in [1.165, 1.54) is 32.4 Å². The Kier molecular flexibility index (Phi) is 3.87. The summed E-state index contributed by atoms with van der Waals surface area (Å²) < 4.78 is 0. The molecular formula is C18H28N2. The minimum atomic E-state index is 0.330. The van der Waals surface area contributed by atoms with Crippen molar-refractivity contribution in [3.63, 3.8) is 0 Å². The van der Waals surface area contributed by atoms with E-state index in [1.54, 1.807) is 11.1 Å². The van der Waals surface area contributed by atoms with E-state index in [4.69, 9.17) is 0 Å². The molecule has 0 radical (unpaired) electrons. The predicted molar refractivity (Wildman–Crippen MR) is 85.2 cm³/mol. The van der Waals surface area contributed by atoms with Gasteiger partial charge in [-0.25, -0.2) is 0 Å². The van der Waals surface area contributed by atoms with Gasteiger partial charge in [-0.3, -0.25) is 4.90 Å². The second-order valence-electron chi connectivity index (χ2n) is 6.84. The predicted octanol–water partition coefficient (Wildman–Crippen LogP) is 3.18. The van der Waals surface area contributed by atoms with Crippen LogP contribution in [0.15, 0.2) is 24.3 Å². The number of hydrogen-bond acceptors (Lipinski definition) is 2. The number of hydrogen-bond donors (Lipinski definition) is 1. The summed E-state index contributed by atoms with van der Waals surface area (Å²) in [6.45, 7) is 10.6. The molecule has 0 amide bonds. The lowest BCUT2D eigenvalue weighted by atomic mass is 9.76. The summed E-state index contributed by atoms with van der Waals surface area (Å²) in [7, 11) is 0. The topological polar surface area (TPSA) is 15.3 Å². The van der Waals surface area contributed by atoms with Crippen molar-refractivity contribution < 1.29 is 0 Å². The highest BCUT2D eigenvalue weighted by Gasteiger charge is 2.38. The van der Waals surface area contributed by atoms with Gasteiger partial charge in [0.1, 0.15) is 0 Å². The van der Waals surface area contributed by atoms with Crippen LogP contribution < -0.4 is 5.32 Å². The van der Waals surface area contributed by atoms with Gasteiger partial charge in [-0.05, 0) is 37.3 Å². The number of benzene rings is 1. The summed E-state index contributed by atoms with van der Waals surface area (Å²) in [6.07, 6.45) is 3.74. The molecule has 0 spiro atoms. The quantitative estimate of drug-likeness (QED) is 0.905. The fraction of sp³-hybridized carbons (Fsp3) is 0.667. The van der Waals surface area contributed by atoms with Crippen LogP contribution in [0.25, 0.3) is 0 Å². The summed E-state index contributed by atoms with van der Waals surface area (Å²) >= 11 is 0. The third kappa shape index (κ3) is 2.40. The van der Waals surface area contributed by atoms with Crippen molar-refractivity contribution in [1.82, 2.24) is 10.2 Å². The highest BCUT2D eigenvalue weighted by Crippen LogP contribution is 2.37. The monoisotopic (exact) mass is 272 g/mol. The van der Waals surface area contributed by atoms with E-state index in [1.807, 2.05) is 0 Å². The Balaban J connectivity index is 1.71. The van der Waals surface area contributed by atoms with Crippen molar-refractivity contribution in [2.24, 2.45) is 0 Å². The maximum absolute atomic E-state index is 3.73. The molecule has 1 N–H and O–H groups in total. The van der Waals surface area contributed by atoms with Crippen LogP contribution in [-0.2, 0) is 6.42 Å². The third-order valence-corrected chi connectivity index (χ3v) is 5.63. The summed E-state index contributed by atoms with van der Waals surface area (Å²) in [5.41, 5.74) is 3.49. The van der Waals surface area contributed by atoms with Crippen molar-refractivity contribution in [1.29, 1.82) is 0 Å². The van der Waals surface area contributed by atoms with Crippen LogP contribution in [0.5, 0.6) is 0 Å². The fourth-order valence-electron chi connectivity index (χ4n) is 3.74. The van der Waals surface area contributed by atoms with Gasteiger partial charge in [-0.15, -0.1) is 0 Å². The molecule has 1 aliphatic heterocycles. The summed E-state index contributed by atoms with van der Waals surface area (Å²) in [5, 5.41) is 3.73. The van der Waals surface area contributed by atoms with Gasteiger partial charge in [0.15, 0.2) is 0 Å². The molecule has 1 heterocycles. The molecule has 1 aromatic carbocycles. The van der Waals surface area contributed by atoms with Gasteiger partial charge in [0.05, 0.1) is 0 Å². The second kappa shape index (κ2) is 5.50. The summed E-state index contributed by atoms with van der Waals surface area (Å²) in [5.74, 6) is 0.757. The Morgan fingerprint density at radius 1 is 1.30 bits per heavy atom. The van der Waals surface area contributed by atoms with E-state index < -0.39 is 0 Å². The lowest BCUT2D eigenvalue weighted by Gasteiger charge is -2.50. The first-order valence-electron chi connectivity index (χ1n) is 8.22. The zero-order valence-corrected chi connectivity index (χ0v) is 13.2. The summed E-state index contributed by atoms with van der Waals surface area (Å²) in [6, 6.07) is 9.65. The SMILES string of the molecule is CCC1CN(CC2Cc3ccccc32)C(C)(CC)CN1. The number of piperazine rings is 1.